The Balaban J connectivity index is 2.31. The van der Waals surface area contributed by atoms with Gasteiger partial charge in [0.25, 0.3) is 0 Å². The second kappa shape index (κ2) is 6.87. The van der Waals surface area contributed by atoms with Gasteiger partial charge in [-0.2, -0.15) is 0 Å². The molecule has 26 heavy (non-hydrogen) atoms. The van der Waals surface area contributed by atoms with Gasteiger partial charge >= 0.3 is 0 Å². The molecule has 7 heteroatoms. The van der Waals surface area contributed by atoms with Gasteiger partial charge < -0.3 is 29.0 Å². The van der Waals surface area contributed by atoms with Crippen LogP contribution in [0.5, 0.6) is 28.7 Å². The van der Waals surface area contributed by atoms with Crippen molar-refractivity contribution in [2.75, 3.05) is 28.4 Å². The number of aromatic amines is 1. The van der Waals surface area contributed by atoms with E-state index in [0.29, 0.717) is 34.1 Å². The summed E-state index contributed by atoms with van der Waals surface area (Å²) in [4.78, 5) is 15.8. The van der Waals surface area contributed by atoms with Gasteiger partial charge in [-0.05, 0) is 18.2 Å². The Hall–Kier alpha value is -3.35. The first-order valence-corrected chi connectivity index (χ1v) is 7.77. The average Bonchev–Trinajstić information content (AvgIpc) is 2.69. The first kappa shape index (κ1) is 17.5. The molecule has 7 nitrogen and oxygen atoms in total. The molecule has 0 spiro atoms. The van der Waals surface area contributed by atoms with Crippen molar-refractivity contribution in [2.24, 2.45) is 0 Å². The fourth-order valence-electron chi connectivity index (χ4n) is 2.81. The lowest BCUT2D eigenvalue weighted by Gasteiger charge is -2.14. The molecule has 0 aliphatic carbocycles. The summed E-state index contributed by atoms with van der Waals surface area (Å²) in [6, 6.07) is 8.27. The monoisotopic (exact) mass is 357 g/mol. The smallest absolute Gasteiger partial charge is 0.231 e. The molecular weight excluding hydrogens is 338 g/mol. The molecule has 136 valence electrons. The van der Waals surface area contributed by atoms with Crippen LogP contribution in [0.25, 0.3) is 22.2 Å². The zero-order valence-corrected chi connectivity index (χ0v) is 14.9. The minimum absolute atomic E-state index is 0.245. The second-order valence-electron chi connectivity index (χ2n) is 5.50. The van der Waals surface area contributed by atoms with Crippen molar-refractivity contribution in [1.29, 1.82) is 0 Å². The highest BCUT2D eigenvalue weighted by molar-refractivity contribution is 5.88. The van der Waals surface area contributed by atoms with Gasteiger partial charge in [0.05, 0.1) is 45.0 Å². The predicted molar refractivity (Wildman–Crippen MR) is 97.9 cm³/mol. The Labute approximate surface area is 149 Å². The molecule has 1 aromatic heterocycles. The highest BCUT2D eigenvalue weighted by Crippen LogP contribution is 2.38. The fraction of sp³-hybridized carbons (Fsp3) is 0.211. The number of aromatic nitrogens is 1. The zero-order valence-electron chi connectivity index (χ0n) is 14.9. The van der Waals surface area contributed by atoms with Crippen molar-refractivity contribution in [3.63, 3.8) is 0 Å². The number of aromatic hydroxyl groups is 1. The van der Waals surface area contributed by atoms with Gasteiger partial charge in [-0.3, -0.25) is 4.79 Å². The van der Waals surface area contributed by atoms with Crippen LogP contribution in [0.4, 0.5) is 0 Å². The number of nitrogens with one attached hydrogen (secondary N) is 1. The number of hydrogen-bond acceptors (Lipinski definition) is 6. The molecule has 0 saturated heterocycles. The molecule has 3 aromatic rings. The second-order valence-corrected chi connectivity index (χ2v) is 5.50. The fourth-order valence-corrected chi connectivity index (χ4v) is 2.81. The summed E-state index contributed by atoms with van der Waals surface area (Å²) < 4.78 is 21.1. The third-order valence-corrected chi connectivity index (χ3v) is 4.16. The van der Waals surface area contributed by atoms with Crippen molar-refractivity contribution in [3.05, 3.63) is 40.6 Å². The van der Waals surface area contributed by atoms with Crippen molar-refractivity contribution in [1.82, 2.24) is 4.98 Å². The van der Waals surface area contributed by atoms with Crippen molar-refractivity contribution in [2.45, 2.75) is 0 Å². The first-order valence-electron chi connectivity index (χ1n) is 7.77. The van der Waals surface area contributed by atoms with Crippen LogP contribution >= 0.6 is 0 Å². The number of hydrogen-bond donors (Lipinski definition) is 2. The van der Waals surface area contributed by atoms with Crippen LogP contribution < -0.4 is 24.4 Å². The lowest BCUT2D eigenvalue weighted by atomic mass is 10.1. The molecule has 2 N–H and O–H groups in total. The molecule has 2 aromatic carbocycles. The quantitative estimate of drug-likeness (QED) is 0.730. The molecule has 0 fully saturated rings. The van der Waals surface area contributed by atoms with Crippen LogP contribution in [0.1, 0.15) is 0 Å². The van der Waals surface area contributed by atoms with E-state index in [4.69, 9.17) is 18.9 Å². The van der Waals surface area contributed by atoms with Crippen molar-refractivity contribution < 1.29 is 24.1 Å². The zero-order chi connectivity index (χ0) is 18.8. The standard InChI is InChI=1S/C19H19NO6/c1-23-10-5-6-11(14(7-10)24-2)17-19(22)18(21)12-8-15(25-3)16(26-4)9-13(12)20-17/h5-9,22H,1-4H3,(H,20,21). The summed E-state index contributed by atoms with van der Waals surface area (Å²) in [6.45, 7) is 0. The minimum Gasteiger partial charge on any atom is -0.503 e. The third kappa shape index (κ3) is 2.77. The van der Waals surface area contributed by atoms with Gasteiger partial charge in [0, 0.05) is 17.7 Å². The van der Waals surface area contributed by atoms with Crippen LogP contribution in [0.15, 0.2) is 35.1 Å². The van der Waals surface area contributed by atoms with Gasteiger partial charge in [0.1, 0.15) is 11.5 Å². The van der Waals surface area contributed by atoms with Crippen LogP contribution in [-0.4, -0.2) is 38.5 Å². The van der Waals surface area contributed by atoms with E-state index in [9.17, 15) is 9.90 Å². The van der Waals surface area contributed by atoms with Gasteiger partial charge in [-0.1, -0.05) is 0 Å². The Bertz CT molecular complexity index is 1020. The molecular formula is C19H19NO6. The summed E-state index contributed by atoms with van der Waals surface area (Å²) in [5.74, 6) is 1.51. The molecule has 0 atom stereocenters. The van der Waals surface area contributed by atoms with Gasteiger partial charge in [-0.15, -0.1) is 0 Å². The maximum absolute atomic E-state index is 12.7. The van der Waals surface area contributed by atoms with E-state index in [1.807, 2.05) is 0 Å². The van der Waals surface area contributed by atoms with E-state index in [-0.39, 0.29) is 11.1 Å². The van der Waals surface area contributed by atoms with Crippen LogP contribution in [0, 0.1) is 0 Å². The minimum atomic E-state index is -0.521. The molecule has 0 aliphatic heterocycles. The predicted octanol–water partition coefficient (Wildman–Crippen LogP) is 2.94. The van der Waals surface area contributed by atoms with Crippen molar-refractivity contribution in [3.8, 4) is 40.0 Å². The molecule has 0 radical (unpaired) electrons. The Morgan fingerprint density at radius 2 is 1.50 bits per heavy atom. The highest BCUT2D eigenvalue weighted by atomic mass is 16.5. The Kier molecular flexibility index (Phi) is 4.62. The number of methoxy groups -OCH3 is 4. The number of fused-ring (bicyclic) bond motifs is 1. The number of H-pyrrole nitrogens is 1. The average molecular weight is 357 g/mol. The van der Waals surface area contributed by atoms with Crippen molar-refractivity contribution >= 4 is 10.9 Å². The largest absolute Gasteiger partial charge is 0.503 e. The van der Waals surface area contributed by atoms with E-state index in [2.05, 4.69) is 4.98 Å². The molecule has 0 amide bonds. The number of benzene rings is 2. The molecule has 1 heterocycles. The number of rotatable bonds is 5. The molecule has 0 bridgehead atoms. The van der Waals surface area contributed by atoms with Gasteiger partial charge in [-0.25, -0.2) is 0 Å². The summed E-state index contributed by atoms with van der Waals surface area (Å²) in [5.41, 5.74) is 0.750. The highest BCUT2D eigenvalue weighted by Gasteiger charge is 2.18. The summed E-state index contributed by atoms with van der Waals surface area (Å²) in [7, 11) is 6.04. The van der Waals surface area contributed by atoms with Crippen LogP contribution in [-0.2, 0) is 0 Å². The molecule has 3 rings (SSSR count). The summed E-state index contributed by atoms with van der Waals surface area (Å²) >= 11 is 0. The Morgan fingerprint density at radius 1 is 0.846 bits per heavy atom. The van der Waals surface area contributed by atoms with E-state index < -0.39 is 11.2 Å². The molecule has 0 saturated carbocycles. The van der Waals surface area contributed by atoms with E-state index in [1.54, 1.807) is 31.4 Å². The van der Waals surface area contributed by atoms with E-state index in [1.165, 1.54) is 27.4 Å². The third-order valence-electron chi connectivity index (χ3n) is 4.16. The molecule has 0 aliphatic rings. The summed E-state index contributed by atoms with van der Waals surface area (Å²) in [5, 5.41) is 10.8. The molecule has 0 unspecified atom stereocenters. The lowest BCUT2D eigenvalue weighted by molar-refractivity contribution is 0.355. The maximum atomic E-state index is 12.7. The first-order chi connectivity index (χ1) is 12.5. The Morgan fingerprint density at radius 3 is 2.12 bits per heavy atom. The van der Waals surface area contributed by atoms with Crippen LogP contribution in [0.3, 0.4) is 0 Å². The maximum Gasteiger partial charge on any atom is 0.231 e. The number of ether oxygens (including phenoxy) is 4. The van der Waals surface area contributed by atoms with Gasteiger partial charge in [0.15, 0.2) is 17.2 Å². The van der Waals surface area contributed by atoms with Crippen LogP contribution in [0.2, 0.25) is 0 Å². The van der Waals surface area contributed by atoms with E-state index in [0.717, 1.165) is 0 Å². The normalized spacial score (nSPS) is 10.6. The summed E-state index contributed by atoms with van der Waals surface area (Å²) in [6.07, 6.45) is 0. The number of pyridine rings is 1. The lowest BCUT2D eigenvalue weighted by Crippen LogP contribution is -2.06. The SMILES string of the molecule is COc1ccc(-c2[nH]c3cc(OC)c(OC)cc3c(=O)c2O)c(OC)c1. The topological polar surface area (TPSA) is 90.0 Å². The van der Waals surface area contributed by atoms with E-state index >= 15 is 0 Å². The van der Waals surface area contributed by atoms with Gasteiger partial charge in [0.2, 0.25) is 5.43 Å².